The molecule has 0 radical (unpaired) electrons. The maximum atomic E-state index is 10.3. The zero-order chi connectivity index (χ0) is 8.97. The van der Waals surface area contributed by atoms with E-state index < -0.39 is 11.1 Å². The van der Waals surface area contributed by atoms with Gasteiger partial charge < -0.3 is 9.87 Å². The number of nitrogens with one attached hydrogen (secondary N) is 1. The summed E-state index contributed by atoms with van der Waals surface area (Å²) >= 11 is -2.00. The van der Waals surface area contributed by atoms with Crippen LogP contribution >= 0.6 is 0 Å². The molecule has 1 aromatic carbocycles. The molecule has 0 bridgehead atoms. The largest absolute Gasteiger partial charge is 0.772 e. The van der Waals surface area contributed by atoms with Gasteiger partial charge in [-0.3, -0.25) is 4.21 Å². The quantitative estimate of drug-likeness (QED) is 0.716. The summed E-state index contributed by atoms with van der Waals surface area (Å²) in [7, 11) is 1.80. The fourth-order valence-corrected chi connectivity index (χ4v) is 1.40. The molecule has 0 aromatic heterocycles. The number of hydrogen-bond acceptors (Lipinski definition) is 3. The Balaban J connectivity index is 2.79. The van der Waals surface area contributed by atoms with Gasteiger partial charge >= 0.3 is 0 Å². The molecule has 0 aliphatic rings. The normalized spacial score (nSPS) is 12.5. The van der Waals surface area contributed by atoms with Gasteiger partial charge in [0.1, 0.15) is 0 Å². The number of rotatable bonds is 3. The average Bonchev–Trinajstić information content (AvgIpc) is 2.03. The van der Waals surface area contributed by atoms with Crippen LogP contribution in [0.3, 0.4) is 0 Å². The standard InChI is InChI=1S/C8H11NO2S/c1-9-8-4-2-3-7(5-8)6-12(10)11/h2-5,9H,6H2,1H3,(H,10,11)/p-1. The predicted octanol–water partition coefficient (Wildman–Crippen LogP) is 1.11. The summed E-state index contributed by atoms with van der Waals surface area (Å²) < 4.78 is 20.7. The third-order valence-electron chi connectivity index (χ3n) is 1.50. The van der Waals surface area contributed by atoms with E-state index in [1.54, 1.807) is 13.1 Å². The molecule has 0 saturated heterocycles. The van der Waals surface area contributed by atoms with E-state index in [1.165, 1.54) is 0 Å². The lowest BCUT2D eigenvalue weighted by Crippen LogP contribution is -1.94. The summed E-state index contributed by atoms with van der Waals surface area (Å²) in [6.45, 7) is 0. The van der Waals surface area contributed by atoms with Gasteiger partial charge in [-0.2, -0.15) is 0 Å². The van der Waals surface area contributed by atoms with Gasteiger partial charge in [-0.15, -0.1) is 0 Å². The second-order valence-corrected chi connectivity index (χ2v) is 3.29. The summed E-state index contributed by atoms with van der Waals surface area (Å²) in [4.78, 5) is 0. The van der Waals surface area contributed by atoms with E-state index >= 15 is 0 Å². The molecule has 1 rings (SSSR count). The van der Waals surface area contributed by atoms with Crippen molar-refractivity contribution in [3.63, 3.8) is 0 Å². The minimum Gasteiger partial charge on any atom is -0.772 e. The third kappa shape index (κ3) is 2.64. The Morgan fingerprint density at radius 2 is 2.33 bits per heavy atom. The summed E-state index contributed by atoms with van der Waals surface area (Å²) in [6, 6.07) is 7.32. The summed E-state index contributed by atoms with van der Waals surface area (Å²) in [5, 5.41) is 2.94. The Morgan fingerprint density at radius 3 is 2.92 bits per heavy atom. The van der Waals surface area contributed by atoms with Crippen LogP contribution in [0.25, 0.3) is 0 Å². The van der Waals surface area contributed by atoms with Crippen LogP contribution in [0.2, 0.25) is 0 Å². The lowest BCUT2D eigenvalue weighted by Gasteiger charge is -2.06. The van der Waals surface area contributed by atoms with Crippen LogP contribution in [-0.4, -0.2) is 15.8 Å². The smallest absolute Gasteiger partial charge is 0.0353 e. The Labute approximate surface area is 74.1 Å². The monoisotopic (exact) mass is 184 g/mol. The zero-order valence-corrected chi connectivity index (χ0v) is 7.56. The van der Waals surface area contributed by atoms with E-state index in [0.29, 0.717) is 0 Å². The van der Waals surface area contributed by atoms with Crippen LogP contribution in [-0.2, 0) is 16.8 Å². The van der Waals surface area contributed by atoms with Crippen LogP contribution in [0.1, 0.15) is 5.56 Å². The van der Waals surface area contributed by atoms with Crippen molar-refractivity contribution in [1.29, 1.82) is 0 Å². The molecule has 0 aliphatic carbocycles. The van der Waals surface area contributed by atoms with Crippen LogP contribution < -0.4 is 5.32 Å². The van der Waals surface area contributed by atoms with Gasteiger partial charge in [-0.25, -0.2) is 0 Å². The molecule has 0 saturated carbocycles. The fourth-order valence-electron chi connectivity index (χ4n) is 0.953. The maximum Gasteiger partial charge on any atom is 0.0353 e. The molecule has 0 amide bonds. The van der Waals surface area contributed by atoms with E-state index in [2.05, 4.69) is 5.32 Å². The van der Waals surface area contributed by atoms with Gasteiger partial charge in [0.15, 0.2) is 0 Å². The number of hydrogen-bond donors (Lipinski definition) is 1. The van der Waals surface area contributed by atoms with Crippen molar-refractivity contribution in [2.75, 3.05) is 12.4 Å². The molecule has 12 heavy (non-hydrogen) atoms. The minimum atomic E-state index is -2.00. The van der Waals surface area contributed by atoms with Gasteiger partial charge in [0.25, 0.3) is 0 Å². The molecule has 1 unspecified atom stereocenters. The first-order chi connectivity index (χ1) is 5.72. The van der Waals surface area contributed by atoms with Crippen LogP contribution in [0.5, 0.6) is 0 Å². The first kappa shape index (κ1) is 9.22. The van der Waals surface area contributed by atoms with E-state index in [0.717, 1.165) is 11.3 Å². The lowest BCUT2D eigenvalue weighted by atomic mass is 10.2. The van der Waals surface area contributed by atoms with Crippen molar-refractivity contribution in [3.8, 4) is 0 Å². The maximum absolute atomic E-state index is 10.3. The third-order valence-corrected chi connectivity index (χ3v) is 2.07. The molecule has 1 N–H and O–H groups in total. The molecule has 66 valence electrons. The van der Waals surface area contributed by atoms with E-state index in [1.807, 2.05) is 18.2 Å². The Morgan fingerprint density at radius 1 is 1.58 bits per heavy atom. The average molecular weight is 184 g/mol. The molecule has 0 fully saturated rings. The van der Waals surface area contributed by atoms with Gasteiger partial charge in [-0.05, 0) is 17.7 Å². The highest BCUT2D eigenvalue weighted by Gasteiger charge is 1.93. The van der Waals surface area contributed by atoms with E-state index in [4.69, 9.17) is 0 Å². The van der Waals surface area contributed by atoms with Crippen molar-refractivity contribution in [2.45, 2.75) is 5.75 Å². The Bertz CT molecular complexity index is 288. The molecule has 1 atom stereocenters. The first-order valence-corrected chi connectivity index (χ1v) is 4.79. The van der Waals surface area contributed by atoms with Crippen molar-refractivity contribution in [1.82, 2.24) is 0 Å². The number of benzene rings is 1. The predicted molar refractivity (Wildman–Crippen MR) is 48.6 cm³/mol. The van der Waals surface area contributed by atoms with Crippen LogP contribution in [0, 0.1) is 0 Å². The highest BCUT2D eigenvalue weighted by Crippen LogP contribution is 2.10. The van der Waals surface area contributed by atoms with Gasteiger partial charge in [0.2, 0.25) is 0 Å². The van der Waals surface area contributed by atoms with Crippen molar-refractivity contribution < 1.29 is 8.76 Å². The number of anilines is 1. The van der Waals surface area contributed by atoms with Crippen molar-refractivity contribution in [3.05, 3.63) is 29.8 Å². The lowest BCUT2D eigenvalue weighted by molar-refractivity contribution is 0.536. The second kappa shape index (κ2) is 4.23. The summed E-state index contributed by atoms with van der Waals surface area (Å²) in [5.74, 6) is 0.0789. The highest BCUT2D eigenvalue weighted by atomic mass is 32.2. The zero-order valence-electron chi connectivity index (χ0n) is 6.74. The summed E-state index contributed by atoms with van der Waals surface area (Å²) in [6.07, 6.45) is 0. The van der Waals surface area contributed by atoms with E-state index in [9.17, 15) is 8.76 Å². The van der Waals surface area contributed by atoms with Crippen LogP contribution in [0.4, 0.5) is 5.69 Å². The SMILES string of the molecule is CNc1cccc(CS(=O)[O-])c1. The molecule has 4 heteroatoms. The van der Waals surface area contributed by atoms with Gasteiger partial charge in [-0.1, -0.05) is 23.2 Å². The summed E-state index contributed by atoms with van der Waals surface area (Å²) in [5.41, 5.74) is 1.73. The molecule has 0 heterocycles. The first-order valence-electron chi connectivity index (χ1n) is 3.55. The topological polar surface area (TPSA) is 52.2 Å². The van der Waals surface area contributed by atoms with Crippen molar-refractivity contribution in [2.24, 2.45) is 0 Å². The highest BCUT2D eigenvalue weighted by molar-refractivity contribution is 7.78. The minimum absolute atomic E-state index is 0.0789. The molecule has 0 spiro atoms. The molecule has 3 nitrogen and oxygen atoms in total. The van der Waals surface area contributed by atoms with Crippen molar-refractivity contribution >= 4 is 16.8 Å². The Kier molecular flexibility index (Phi) is 3.25. The second-order valence-electron chi connectivity index (χ2n) is 2.40. The molecular formula is C8H10NO2S-. The molecular weight excluding hydrogens is 174 g/mol. The van der Waals surface area contributed by atoms with Gasteiger partial charge in [0.05, 0.1) is 0 Å². The molecule has 0 aliphatic heterocycles. The van der Waals surface area contributed by atoms with E-state index in [-0.39, 0.29) is 5.75 Å². The van der Waals surface area contributed by atoms with Gasteiger partial charge in [0, 0.05) is 18.5 Å². The fraction of sp³-hybridized carbons (Fsp3) is 0.250. The Hall–Kier alpha value is -0.870. The van der Waals surface area contributed by atoms with Crippen LogP contribution in [0.15, 0.2) is 24.3 Å². The molecule has 1 aromatic rings.